The van der Waals surface area contributed by atoms with Crippen LogP contribution >= 0.6 is 11.6 Å². The predicted molar refractivity (Wildman–Crippen MR) is 87.7 cm³/mol. The van der Waals surface area contributed by atoms with Crippen molar-refractivity contribution in [1.82, 2.24) is 10.2 Å². The number of phenols is 1. The van der Waals surface area contributed by atoms with Gasteiger partial charge in [0.15, 0.2) is 0 Å². The first-order chi connectivity index (χ1) is 11.1. The zero-order chi connectivity index (χ0) is 16.2. The molecule has 1 fully saturated rings. The van der Waals surface area contributed by atoms with E-state index in [4.69, 9.17) is 16.0 Å². The number of carbonyl (C=O) groups excluding carboxylic acids is 1. The van der Waals surface area contributed by atoms with Gasteiger partial charge in [-0.2, -0.15) is 0 Å². The fraction of sp³-hybridized carbons (Fsp3) is 0.353. The van der Waals surface area contributed by atoms with E-state index in [9.17, 15) is 9.90 Å². The normalized spacial score (nSPS) is 16.4. The topological polar surface area (TPSA) is 65.7 Å². The van der Waals surface area contributed by atoms with Crippen molar-refractivity contribution in [3.63, 3.8) is 0 Å². The third kappa shape index (κ3) is 3.68. The van der Waals surface area contributed by atoms with Crippen LogP contribution in [-0.4, -0.2) is 35.5 Å². The molecule has 1 amide bonds. The van der Waals surface area contributed by atoms with Crippen LogP contribution in [0, 0.1) is 0 Å². The van der Waals surface area contributed by atoms with Crippen LogP contribution in [0.4, 0.5) is 0 Å². The maximum absolute atomic E-state index is 12.3. The highest BCUT2D eigenvalue weighted by atomic mass is 35.5. The molecule has 2 N–H and O–H groups in total. The molecular formula is C17H19ClN2O3. The van der Waals surface area contributed by atoms with Crippen LogP contribution in [0.5, 0.6) is 5.75 Å². The van der Waals surface area contributed by atoms with Crippen LogP contribution in [0.1, 0.15) is 35.0 Å². The number of carbonyl (C=O) groups is 1. The summed E-state index contributed by atoms with van der Waals surface area (Å²) in [5.41, 5.74) is 0.178. The summed E-state index contributed by atoms with van der Waals surface area (Å²) in [6.45, 7) is 2.39. The van der Waals surface area contributed by atoms with E-state index in [2.05, 4.69) is 10.2 Å². The average Bonchev–Trinajstić information content (AvgIpc) is 3.23. The third-order valence-electron chi connectivity index (χ3n) is 4.11. The molecule has 1 saturated heterocycles. The van der Waals surface area contributed by atoms with Crippen molar-refractivity contribution in [3.8, 4) is 5.75 Å². The Hall–Kier alpha value is -1.98. The lowest BCUT2D eigenvalue weighted by Gasteiger charge is -2.26. The first kappa shape index (κ1) is 15.9. The van der Waals surface area contributed by atoms with E-state index < -0.39 is 0 Å². The maximum atomic E-state index is 12.3. The number of likely N-dealkylation sites (tertiary alicyclic amines) is 1. The number of furan rings is 1. The molecule has 23 heavy (non-hydrogen) atoms. The second kappa shape index (κ2) is 7.06. The molecule has 0 saturated carbocycles. The van der Waals surface area contributed by atoms with Crippen molar-refractivity contribution in [3.05, 3.63) is 52.9 Å². The molecule has 1 aliphatic rings. The van der Waals surface area contributed by atoms with Gasteiger partial charge in [0.1, 0.15) is 11.5 Å². The first-order valence-corrected chi connectivity index (χ1v) is 8.07. The first-order valence-electron chi connectivity index (χ1n) is 7.69. The maximum Gasteiger partial charge on any atom is 0.255 e. The van der Waals surface area contributed by atoms with E-state index in [1.54, 1.807) is 12.3 Å². The lowest BCUT2D eigenvalue weighted by molar-refractivity contribution is 0.0931. The highest BCUT2D eigenvalue weighted by molar-refractivity contribution is 6.31. The number of hydrogen-bond donors (Lipinski definition) is 2. The van der Waals surface area contributed by atoms with Gasteiger partial charge in [-0.1, -0.05) is 11.6 Å². The van der Waals surface area contributed by atoms with Crippen molar-refractivity contribution in [2.75, 3.05) is 19.6 Å². The van der Waals surface area contributed by atoms with E-state index >= 15 is 0 Å². The molecule has 122 valence electrons. The molecule has 0 spiro atoms. The van der Waals surface area contributed by atoms with Gasteiger partial charge >= 0.3 is 0 Å². The van der Waals surface area contributed by atoms with Gasteiger partial charge in [0, 0.05) is 11.6 Å². The van der Waals surface area contributed by atoms with Crippen molar-refractivity contribution in [1.29, 1.82) is 0 Å². The summed E-state index contributed by atoms with van der Waals surface area (Å²) in [5, 5.41) is 13.1. The molecule has 5 nitrogen and oxygen atoms in total. The molecule has 1 aromatic carbocycles. The number of nitrogens with zero attached hydrogens (tertiary/aromatic N) is 1. The molecule has 2 heterocycles. The van der Waals surface area contributed by atoms with Gasteiger partial charge in [-0.25, -0.2) is 0 Å². The van der Waals surface area contributed by atoms with E-state index in [-0.39, 0.29) is 23.3 Å². The molecular weight excluding hydrogens is 316 g/mol. The zero-order valence-electron chi connectivity index (χ0n) is 12.7. The molecule has 1 atom stereocenters. The monoisotopic (exact) mass is 334 g/mol. The van der Waals surface area contributed by atoms with Crippen LogP contribution in [0.25, 0.3) is 0 Å². The van der Waals surface area contributed by atoms with Gasteiger partial charge in [-0.15, -0.1) is 0 Å². The Bertz CT molecular complexity index is 666. The van der Waals surface area contributed by atoms with E-state index in [1.165, 1.54) is 12.1 Å². The minimum atomic E-state index is -0.347. The Morgan fingerprint density at radius 3 is 2.83 bits per heavy atom. The number of aromatic hydroxyl groups is 1. The van der Waals surface area contributed by atoms with Crippen LogP contribution in [0.2, 0.25) is 5.02 Å². The van der Waals surface area contributed by atoms with Crippen LogP contribution in [0.15, 0.2) is 41.0 Å². The Balaban J connectivity index is 1.71. The van der Waals surface area contributed by atoms with Gasteiger partial charge < -0.3 is 14.8 Å². The van der Waals surface area contributed by atoms with Gasteiger partial charge in [0.2, 0.25) is 0 Å². The van der Waals surface area contributed by atoms with Gasteiger partial charge in [-0.3, -0.25) is 9.69 Å². The predicted octanol–water partition coefficient (Wildman–Crippen LogP) is 3.21. The molecule has 3 rings (SSSR count). The largest absolute Gasteiger partial charge is 0.507 e. The SMILES string of the molecule is O=C(NCC(c1ccco1)N1CCCC1)c1cc(Cl)ccc1O. The van der Waals surface area contributed by atoms with E-state index in [0.717, 1.165) is 31.7 Å². The van der Waals surface area contributed by atoms with Crippen molar-refractivity contribution < 1.29 is 14.3 Å². The van der Waals surface area contributed by atoms with Crippen molar-refractivity contribution in [2.24, 2.45) is 0 Å². The number of amides is 1. The number of benzene rings is 1. The zero-order valence-corrected chi connectivity index (χ0v) is 13.4. The lowest BCUT2D eigenvalue weighted by atomic mass is 10.1. The quantitative estimate of drug-likeness (QED) is 0.881. The van der Waals surface area contributed by atoms with E-state index in [1.807, 2.05) is 12.1 Å². The molecule has 0 aliphatic carbocycles. The molecule has 2 aromatic rings. The highest BCUT2D eigenvalue weighted by Crippen LogP contribution is 2.26. The minimum absolute atomic E-state index is 0.00206. The fourth-order valence-corrected chi connectivity index (χ4v) is 3.09. The summed E-state index contributed by atoms with van der Waals surface area (Å²) >= 11 is 5.89. The Morgan fingerprint density at radius 2 is 2.13 bits per heavy atom. The number of halogens is 1. The van der Waals surface area contributed by atoms with Crippen molar-refractivity contribution in [2.45, 2.75) is 18.9 Å². The van der Waals surface area contributed by atoms with Gasteiger partial charge in [0.05, 0.1) is 17.9 Å². The smallest absolute Gasteiger partial charge is 0.255 e. The number of nitrogens with one attached hydrogen (secondary N) is 1. The molecule has 1 aromatic heterocycles. The standard InChI is InChI=1S/C17H19ClN2O3/c18-12-5-6-15(21)13(10-12)17(22)19-11-14(16-4-3-9-23-16)20-7-1-2-8-20/h3-6,9-10,14,21H,1-2,7-8,11H2,(H,19,22). The molecule has 6 heteroatoms. The average molecular weight is 335 g/mol. The number of hydrogen-bond acceptors (Lipinski definition) is 4. The number of phenolic OH excluding ortho intramolecular Hbond substituents is 1. The van der Waals surface area contributed by atoms with Crippen LogP contribution < -0.4 is 5.32 Å². The number of rotatable bonds is 5. The molecule has 0 bridgehead atoms. The lowest BCUT2D eigenvalue weighted by Crippen LogP contribution is -2.36. The van der Waals surface area contributed by atoms with Gasteiger partial charge in [-0.05, 0) is 56.3 Å². The summed E-state index contributed by atoms with van der Waals surface area (Å²) in [5.74, 6) is 0.408. The summed E-state index contributed by atoms with van der Waals surface area (Å²) in [7, 11) is 0. The molecule has 0 radical (unpaired) electrons. The molecule has 1 unspecified atom stereocenters. The van der Waals surface area contributed by atoms with E-state index in [0.29, 0.717) is 11.6 Å². The Kier molecular flexibility index (Phi) is 4.88. The summed E-state index contributed by atoms with van der Waals surface area (Å²) < 4.78 is 5.53. The summed E-state index contributed by atoms with van der Waals surface area (Å²) in [6.07, 6.45) is 3.95. The molecule has 1 aliphatic heterocycles. The Labute approximate surface area is 139 Å². The summed E-state index contributed by atoms with van der Waals surface area (Å²) in [4.78, 5) is 14.6. The van der Waals surface area contributed by atoms with Crippen LogP contribution in [-0.2, 0) is 0 Å². The van der Waals surface area contributed by atoms with Gasteiger partial charge in [0.25, 0.3) is 5.91 Å². The second-order valence-corrected chi connectivity index (χ2v) is 6.08. The summed E-state index contributed by atoms with van der Waals surface area (Å²) in [6, 6.07) is 8.20. The fourth-order valence-electron chi connectivity index (χ4n) is 2.92. The van der Waals surface area contributed by atoms with Crippen molar-refractivity contribution >= 4 is 17.5 Å². The minimum Gasteiger partial charge on any atom is -0.507 e. The Morgan fingerprint density at radius 1 is 1.35 bits per heavy atom. The third-order valence-corrected chi connectivity index (χ3v) is 4.35. The highest BCUT2D eigenvalue weighted by Gasteiger charge is 2.26. The van der Waals surface area contributed by atoms with Crippen LogP contribution in [0.3, 0.4) is 0 Å². The second-order valence-electron chi connectivity index (χ2n) is 5.65.